The van der Waals surface area contributed by atoms with Crippen molar-refractivity contribution in [1.29, 1.82) is 0 Å². The van der Waals surface area contributed by atoms with E-state index < -0.39 is 10.0 Å². The van der Waals surface area contributed by atoms with Gasteiger partial charge in [0.1, 0.15) is 6.10 Å². The Balaban J connectivity index is 1.40. The van der Waals surface area contributed by atoms with Crippen LogP contribution in [0.5, 0.6) is 0 Å². The fraction of sp³-hybridized carbons (Fsp3) is 0.600. The Morgan fingerprint density at radius 2 is 1.63 bits per heavy atom. The third kappa shape index (κ3) is 4.36. The van der Waals surface area contributed by atoms with Gasteiger partial charge in [-0.15, -0.1) is 0 Å². The van der Waals surface area contributed by atoms with Crippen LogP contribution in [0.15, 0.2) is 29.2 Å². The molecule has 4 rings (SSSR count). The second-order valence-corrected chi connectivity index (χ2v) is 9.60. The van der Waals surface area contributed by atoms with Crippen LogP contribution in [0.1, 0.15) is 23.2 Å². The first-order valence-electron chi connectivity index (χ1n) is 10.3. The predicted molar refractivity (Wildman–Crippen MR) is 107 cm³/mol. The highest BCUT2D eigenvalue weighted by atomic mass is 32.2. The minimum absolute atomic E-state index is 0.00167. The summed E-state index contributed by atoms with van der Waals surface area (Å²) in [5.74, 6) is -0.226. The number of hydrogen-bond donors (Lipinski definition) is 0. The van der Waals surface area contributed by atoms with E-state index in [0.29, 0.717) is 64.7 Å². The van der Waals surface area contributed by atoms with Crippen molar-refractivity contribution >= 4 is 21.8 Å². The van der Waals surface area contributed by atoms with Gasteiger partial charge < -0.3 is 19.3 Å². The van der Waals surface area contributed by atoms with E-state index >= 15 is 0 Å². The molecule has 0 saturated carbocycles. The Hall–Kier alpha value is -2.01. The molecular weight excluding hydrogens is 410 g/mol. The Kier molecular flexibility index (Phi) is 6.37. The number of hydrogen-bond acceptors (Lipinski definition) is 6. The molecule has 9 nitrogen and oxygen atoms in total. The molecule has 1 aromatic carbocycles. The molecule has 0 bridgehead atoms. The fourth-order valence-corrected chi connectivity index (χ4v) is 5.47. The van der Waals surface area contributed by atoms with Crippen molar-refractivity contribution in [3.05, 3.63) is 29.8 Å². The number of sulfonamides is 1. The van der Waals surface area contributed by atoms with Crippen molar-refractivity contribution in [2.24, 2.45) is 0 Å². The zero-order valence-electron chi connectivity index (χ0n) is 16.9. The molecule has 3 heterocycles. The monoisotopic (exact) mass is 437 g/mol. The van der Waals surface area contributed by atoms with Crippen molar-refractivity contribution in [2.45, 2.75) is 23.8 Å². The molecule has 3 fully saturated rings. The first kappa shape index (κ1) is 21.2. The van der Waals surface area contributed by atoms with Gasteiger partial charge in [-0.05, 0) is 31.0 Å². The third-order valence-electron chi connectivity index (χ3n) is 5.77. The molecule has 10 heteroatoms. The SMILES string of the molecule is O=C(c1cccc(S(=O)(=O)N2CCOCC2)c1)N1CCN(C(=O)C2CCCO2)CC1. The summed E-state index contributed by atoms with van der Waals surface area (Å²) in [6.45, 7) is 3.71. The lowest BCUT2D eigenvalue weighted by atomic mass is 10.1. The molecule has 164 valence electrons. The molecule has 1 aromatic rings. The van der Waals surface area contributed by atoms with Gasteiger partial charge in [0.25, 0.3) is 11.8 Å². The number of morpholine rings is 1. The minimum atomic E-state index is -3.66. The highest BCUT2D eigenvalue weighted by Crippen LogP contribution is 2.20. The first-order valence-corrected chi connectivity index (χ1v) is 11.8. The number of benzene rings is 1. The quantitative estimate of drug-likeness (QED) is 0.666. The van der Waals surface area contributed by atoms with E-state index in [4.69, 9.17) is 9.47 Å². The summed E-state index contributed by atoms with van der Waals surface area (Å²) < 4.78 is 37.8. The van der Waals surface area contributed by atoms with Gasteiger partial charge in [-0.3, -0.25) is 9.59 Å². The molecular formula is C20H27N3O6S. The summed E-state index contributed by atoms with van der Waals surface area (Å²) >= 11 is 0. The van der Waals surface area contributed by atoms with Crippen molar-refractivity contribution in [3.8, 4) is 0 Å². The fourth-order valence-electron chi connectivity index (χ4n) is 4.01. The van der Waals surface area contributed by atoms with Crippen LogP contribution in [0.3, 0.4) is 0 Å². The largest absolute Gasteiger partial charge is 0.379 e. The molecule has 0 N–H and O–H groups in total. The van der Waals surface area contributed by atoms with Crippen LogP contribution in [0.2, 0.25) is 0 Å². The summed E-state index contributed by atoms with van der Waals surface area (Å²) in [7, 11) is -3.66. The Morgan fingerprint density at radius 1 is 0.933 bits per heavy atom. The summed E-state index contributed by atoms with van der Waals surface area (Å²) in [5, 5.41) is 0. The van der Waals surface area contributed by atoms with Gasteiger partial charge in [0.05, 0.1) is 18.1 Å². The van der Waals surface area contributed by atoms with E-state index in [9.17, 15) is 18.0 Å². The van der Waals surface area contributed by atoms with Gasteiger partial charge in [0.15, 0.2) is 0 Å². The molecule has 0 aliphatic carbocycles. The van der Waals surface area contributed by atoms with E-state index in [1.54, 1.807) is 21.9 Å². The molecule has 1 atom stereocenters. The van der Waals surface area contributed by atoms with E-state index in [-0.39, 0.29) is 22.8 Å². The number of rotatable bonds is 4. The van der Waals surface area contributed by atoms with Crippen LogP contribution in [-0.4, -0.2) is 99.5 Å². The summed E-state index contributed by atoms with van der Waals surface area (Å²) in [6, 6.07) is 6.18. The number of carbonyl (C=O) groups excluding carboxylic acids is 2. The highest BCUT2D eigenvalue weighted by Gasteiger charge is 2.32. The lowest BCUT2D eigenvalue weighted by Gasteiger charge is -2.35. The third-order valence-corrected chi connectivity index (χ3v) is 7.67. The number of ether oxygens (including phenoxy) is 2. The molecule has 0 spiro atoms. The average Bonchev–Trinajstić information content (AvgIpc) is 3.34. The Labute approximate surface area is 176 Å². The minimum Gasteiger partial charge on any atom is -0.379 e. The summed E-state index contributed by atoms with van der Waals surface area (Å²) in [6.07, 6.45) is 1.30. The number of nitrogens with zero attached hydrogens (tertiary/aromatic N) is 3. The molecule has 1 unspecified atom stereocenters. The van der Waals surface area contributed by atoms with Crippen molar-refractivity contribution in [1.82, 2.24) is 14.1 Å². The van der Waals surface area contributed by atoms with E-state index in [0.717, 1.165) is 12.8 Å². The van der Waals surface area contributed by atoms with Gasteiger partial charge in [0.2, 0.25) is 10.0 Å². The normalized spacial score (nSPS) is 23.5. The van der Waals surface area contributed by atoms with Gasteiger partial charge in [-0.25, -0.2) is 8.42 Å². The van der Waals surface area contributed by atoms with Crippen molar-refractivity contribution < 1.29 is 27.5 Å². The smallest absolute Gasteiger partial charge is 0.254 e. The number of amides is 2. The van der Waals surface area contributed by atoms with E-state index in [1.807, 2.05) is 0 Å². The maximum atomic E-state index is 13.0. The maximum Gasteiger partial charge on any atom is 0.254 e. The van der Waals surface area contributed by atoms with Crippen molar-refractivity contribution in [2.75, 3.05) is 59.1 Å². The molecule has 30 heavy (non-hydrogen) atoms. The van der Waals surface area contributed by atoms with Gasteiger partial charge in [-0.1, -0.05) is 6.07 Å². The molecule has 3 aliphatic rings. The predicted octanol–water partition coefficient (Wildman–Crippen LogP) is 0.171. The van der Waals surface area contributed by atoms with Crippen molar-refractivity contribution in [3.63, 3.8) is 0 Å². The lowest BCUT2D eigenvalue weighted by Crippen LogP contribution is -2.52. The molecule has 3 saturated heterocycles. The van der Waals surface area contributed by atoms with Crippen LogP contribution < -0.4 is 0 Å². The van der Waals surface area contributed by atoms with E-state index in [1.165, 1.54) is 16.4 Å². The maximum absolute atomic E-state index is 13.0. The lowest BCUT2D eigenvalue weighted by molar-refractivity contribution is -0.142. The Bertz CT molecular complexity index is 886. The molecule has 0 aromatic heterocycles. The van der Waals surface area contributed by atoms with Crippen LogP contribution in [-0.2, 0) is 24.3 Å². The second kappa shape index (κ2) is 9.01. The standard InChI is InChI=1S/C20H27N3O6S/c24-19(21-6-8-22(9-7-21)20(25)18-5-2-12-29-18)16-3-1-4-17(15-16)30(26,27)23-10-13-28-14-11-23/h1,3-4,15,18H,2,5-14H2. The molecule has 0 radical (unpaired) electrons. The first-order chi connectivity index (χ1) is 14.5. The number of piperazine rings is 1. The van der Waals surface area contributed by atoms with Gasteiger partial charge >= 0.3 is 0 Å². The van der Waals surface area contributed by atoms with Crippen LogP contribution in [0.25, 0.3) is 0 Å². The average molecular weight is 438 g/mol. The number of carbonyl (C=O) groups is 2. The van der Waals surface area contributed by atoms with Gasteiger partial charge in [0, 0.05) is 51.4 Å². The highest BCUT2D eigenvalue weighted by molar-refractivity contribution is 7.89. The topological polar surface area (TPSA) is 96.5 Å². The van der Waals surface area contributed by atoms with Gasteiger partial charge in [-0.2, -0.15) is 4.31 Å². The van der Waals surface area contributed by atoms with Crippen LogP contribution in [0.4, 0.5) is 0 Å². The second-order valence-electron chi connectivity index (χ2n) is 7.66. The zero-order chi connectivity index (χ0) is 21.1. The molecule has 2 amide bonds. The zero-order valence-corrected chi connectivity index (χ0v) is 17.7. The van der Waals surface area contributed by atoms with E-state index in [2.05, 4.69) is 0 Å². The van der Waals surface area contributed by atoms with Crippen LogP contribution in [0, 0.1) is 0 Å². The Morgan fingerprint density at radius 3 is 2.30 bits per heavy atom. The van der Waals surface area contributed by atoms with Crippen LogP contribution >= 0.6 is 0 Å². The molecule has 3 aliphatic heterocycles. The summed E-state index contributed by atoms with van der Waals surface area (Å²) in [4.78, 5) is 29.0. The summed E-state index contributed by atoms with van der Waals surface area (Å²) in [5.41, 5.74) is 0.336.